The van der Waals surface area contributed by atoms with Gasteiger partial charge in [-0.1, -0.05) is 23.8 Å². The number of phenols is 1. The molecule has 0 spiro atoms. The van der Waals surface area contributed by atoms with Crippen LogP contribution >= 0.6 is 22.6 Å². The summed E-state index contributed by atoms with van der Waals surface area (Å²) in [6.07, 6.45) is 4.03. The topological polar surface area (TPSA) is 91.8 Å². The maximum Gasteiger partial charge on any atom is 0.238 e. The predicted octanol–water partition coefficient (Wildman–Crippen LogP) is 4.63. The number of allylic oxidation sites excluding steroid dienone is 6. The lowest BCUT2D eigenvalue weighted by Gasteiger charge is -2.42. The molecule has 1 saturated heterocycles. The lowest BCUT2D eigenvalue weighted by atomic mass is 9.59. The molecule has 180 valence electrons. The van der Waals surface area contributed by atoms with Crippen molar-refractivity contribution in [3.8, 4) is 5.75 Å². The van der Waals surface area contributed by atoms with Crippen molar-refractivity contribution in [1.82, 2.24) is 0 Å². The van der Waals surface area contributed by atoms with Gasteiger partial charge in [-0.25, -0.2) is 0 Å². The van der Waals surface area contributed by atoms with E-state index in [4.69, 9.17) is 0 Å². The van der Waals surface area contributed by atoms with Gasteiger partial charge in [0.1, 0.15) is 5.75 Å². The van der Waals surface area contributed by atoms with Crippen molar-refractivity contribution >= 4 is 51.7 Å². The fourth-order valence-corrected chi connectivity index (χ4v) is 6.61. The number of nitrogens with zero attached hydrogens (tertiary/aromatic N) is 1. The minimum Gasteiger partial charge on any atom is -0.508 e. The molecule has 0 radical (unpaired) electrons. The lowest BCUT2D eigenvalue weighted by Crippen LogP contribution is -2.39. The number of carbonyl (C=O) groups is 4. The maximum atomic E-state index is 13.8. The number of benzene rings is 2. The Kier molecular flexibility index (Phi) is 5.37. The Hall–Kier alpha value is -3.33. The summed E-state index contributed by atoms with van der Waals surface area (Å²) in [7, 11) is 0. The Bertz CT molecular complexity index is 1450. The molecule has 2 aromatic carbocycles. The highest BCUT2D eigenvalue weighted by molar-refractivity contribution is 14.1. The van der Waals surface area contributed by atoms with Crippen molar-refractivity contribution in [2.45, 2.75) is 25.7 Å². The number of ketones is 2. The van der Waals surface area contributed by atoms with Crippen molar-refractivity contribution < 1.29 is 24.3 Å². The van der Waals surface area contributed by atoms with E-state index >= 15 is 0 Å². The number of rotatable bonds is 2. The summed E-state index contributed by atoms with van der Waals surface area (Å²) < 4.78 is 1.00. The third-order valence-corrected chi connectivity index (χ3v) is 8.60. The number of amides is 2. The van der Waals surface area contributed by atoms with Crippen LogP contribution < -0.4 is 4.90 Å². The largest absolute Gasteiger partial charge is 0.508 e. The first-order chi connectivity index (χ1) is 17.3. The Balaban J connectivity index is 1.48. The molecule has 0 bridgehead atoms. The molecule has 3 aliphatic carbocycles. The number of hydrogen-bond acceptors (Lipinski definition) is 5. The molecule has 6 rings (SSSR count). The van der Waals surface area contributed by atoms with Gasteiger partial charge in [0, 0.05) is 26.2 Å². The van der Waals surface area contributed by atoms with Crippen LogP contribution in [0.3, 0.4) is 0 Å². The average molecular weight is 591 g/mol. The van der Waals surface area contributed by atoms with Crippen molar-refractivity contribution in [3.05, 3.63) is 92.1 Å². The van der Waals surface area contributed by atoms with E-state index in [1.807, 2.05) is 18.2 Å². The Morgan fingerprint density at radius 3 is 2.31 bits per heavy atom. The minimum atomic E-state index is -0.597. The number of Topliss-reactive ketones (excluding diaryl/α,β-unsaturated/α-hetero) is 1. The van der Waals surface area contributed by atoms with E-state index in [0.717, 1.165) is 14.7 Å². The molecule has 4 atom stereocenters. The number of imide groups is 1. The number of anilines is 1. The second kappa shape index (κ2) is 8.37. The van der Waals surface area contributed by atoms with Gasteiger partial charge in [-0.15, -0.1) is 0 Å². The van der Waals surface area contributed by atoms with Crippen LogP contribution in [0, 0.1) is 21.3 Å². The second-order valence-corrected chi connectivity index (χ2v) is 11.1. The van der Waals surface area contributed by atoms with Gasteiger partial charge in [-0.3, -0.25) is 24.1 Å². The SMILES string of the molecule is CC1=CC(=O)C2=C(C1=O)[C@@H](c1ccc(O)cc1)C1=CC[C@@H]3C(=O)N(c4ccc(I)cc4)C(=O)[C@@H]3[C@@H]1C2. The summed E-state index contributed by atoms with van der Waals surface area (Å²) >= 11 is 2.18. The van der Waals surface area contributed by atoms with Gasteiger partial charge >= 0.3 is 0 Å². The molecule has 7 heteroatoms. The number of carbonyl (C=O) groups excluding carboxylic acids is 4. The van der Waals surface area contributed by atoms with Crippen LogP contribution in [0.2, 0.25) is 0 Å². The summed E-state index contributed by atoms with van der Waals surface area (Å²) in [5.41, 5.74) is 3.51. The van der Waals surface area contributed by atoms with Crippen molar-refractivity contribution in [1.29, 1.82) is 0 Å². The molecule has 2 aromatic rings. The molecule has 1 heterocycles. The highest BCUT2D eigenvalue weighted by Gasteiger charge is 2.56. The zero-order valence-electron chi connectivity index (χ0n) is 19.4. The number of hydrogen-bond donors (Lipinski definition) is 1. The van der Waals surface area contributed by atoms with Crippen LogP contribution in [0.4, 0.5) is 5.69 Å². The number of halogens is 1. The van der Waals surface area contributed by atoms with E-state index in [-0.39, 0.29) is 41.5 Å². The van der Waals surface area contributed by atoms with Crippen LogP contribution in [0.5, 0.6) is 5.75 Å². The third-order valence-electron chi connectivity index (χ3n) is 7.88. The van der Waals surface area contributed by atoms with E-state index in [1.165, 1.54) is 11.0 Å². The van der Waals surface area contributed by atoms with Crippen molar-refractivity contribution in [3.63, 3.8) is 0 Å². The van der Waals surface area contributed by atoms with E-state index in [1.54, 1.807) is 43.3 Å². The normalized spacial score (nSPS) is 27.4. The summed E-state index contributed by atoms with van der Waals surface area (Å²) in [6.45, 7) is 1.65. The van der Waals surface area contributed by atoms with Crippen LogP contribution in [0.15, 0.2) is 83.0 Å². The number of fused-ring (bicyclic) bond motifs is 3. The number of aromatic hydroxyl groups is 1. The number of phenolic OH excluding ortho intramolecular Hbond substituents is 1. The molecule has 36 heavy (non-hydrogen) atoms. The molecule has 2 amide bonds. The minimum absolute atomic E-state index is 0.102. The first kappa shape index (κ1) is 23.1. The molecule has 1 N–H and O–H groups in total. The molecular weight excluding hydrogens is 569 g/mol. The Morgan fingerprint density at radius 1 is 0.917 bits per heavy atom. The maximum absolute atomic E-state index is 13.8. The molecule has 1 fully saturated rings. The van der Waals surface area contributed by atoms with E-state index in [2.05, 4.69) is 22.6 Å². The fourth-order valence-electron chi connectivity index (χ4n) is 6.25. The fraction of sp³-hybridized carbons (Fsp3) is 0.241. The van der Waals surface area contributed by atoms with Gasteiger partial charge in [0.05, 0.1) is 17.5 Å². The summed E-state index contributed by atoms with van der Waals surface area (Å²) in [6, 6.07) is 13.9. The van der Waals surface area contributed by atoms with Crippen molar-refractivity contribution in [2.24, 2.45) is 17.8 Å². The standard InChI is InChI=1S/C29H22INO5/c1-14-12-23(33)22-13-21-19(24(26(22)27(14)34)15-2-8-18(32)9-3-15)10-11-20-25(21)29(36)31(28(20)35)17-6-4-16(30)5-7-17/h2-10,12,20-21,24-25,32H,11,13H2,1H3/t20-,21+,24-,25-/m0/s1. The molecule has 0 aromatic heterocycles. The van der Waals surface area contributed by atoms with Crippen molar-refractivity contribution in [2.75, 3.05) is 4.90 Å². The van der Waals surface area contributed by atoms with E-state index in [9.17, 15) is 24.3 Å². The molecular formula is C29H22INO5. The molecule has 0 unspecified atom stereocenters. The van der Waals surface area contributed by atoms with E-state index < -0.39 is 17.8 Å². The molecule has 0 saturated carbocycles. The Morgan fingerprint density at radius 2 is 1.61 bits per heavy atom. The quantitative estimate of drug-likeness (QED) is 0.238. The van der Waals surface area contributed by atoms with Gasteiger partial charge in [0.15, 0.2) is 11.6 Å². The van der Waals surface area contributed by atoms with Gasteiger partial charge in [-0.2, -0.15) is 0 Å². The zero-order valence-corrected chi connectivity index (χ0v) is 21.6. The first-order valence-electron chi connectivity index (χ1n) is 11.9. The summed E-state index contributed by atoms with van der Waals surface area (Å²) in [5.74, 6) is -2.71. The molecule has 1 aliphatic heterocycles. The van der Waals surface area contributed by atoms with Crippen LogP contribution in [-0.4, -0.2) is 28.5 Å². The van der Waals surface area contributed by atoms with Crippen LogP contribution in [0.1, 0.15) is 31.2 Å². The predicted molar refractivity (Wildman–Crippen MR) is 141 cm³/mol. The highest BCUT2D eigenvalue weighted by Crippen LogP contribution is 2.55. The summed E-state index contributed by atoms with van der Waals surface area (Å²) in [4.78, 5) is 55.0. The van der Waals surface area contributed by atoms with Gasteiger partial charge in [0.25, 0.3) is 0 Å². The smallest absolute Gasteiger partial charge is 0.238 e. The molecule has 6 nitrogen and oxygen atoms in total. The summed E-state index contributed by atoms with van der Waals surface area (Å²) in [5, 5.41) is 9.85. The Labute approximate surface area is 221 Å². The van der Waals surface area contributed by atoms with Gasteiger partial charge in [0.2, 0.25) is 11.8 Å². The third kappa shape index (κ3) is 3.36. The van der Waals surface area contributed by atoms with Gasteiger partial charge in [-0.05, 0) is 96.3 Å². The van der Waals surface area contributed by atoms with Gasteiger partial charge < -0.3 is 5.11 Å². The van der Waals surface area contributed by atoms with Crippen LogP contribution in [-0.2, 0) is 19.2 Å². The zero-order chi connectivity index (χ0) is 25.3. The average Bonchev–Trinajstić information content (AvgIpc) is 3.12. The highest BCUT2D eigenvalue weighted by atomic mass is 127. The second-order valence-electron chi connectivity index (χ2n) is 9.81. The lowest BCUT2D eigenvalue weighted by molar-refractivity contribution is -0.123. The monoisotopic (exact) mass is 591 g/mol. The first-order valence-corrected chi connectivity index (χ1v) is 13.0. The molecule has 4 aliphatic rings. The van der Waals surface area contributed by atoms with Crippen LogP contribution in [0.25, 0.3) is 0 Å². The van der Waals surface area contributed by atoms with E-state index in [0.29, 0.717) is 28.8 Å².